The highest BCUT2D eigenvalue weighted by atomic mass is 35.5. The van der Waals surface area contributed by atoms with Gasteiger partial charge in [-0.2, -0.15) is 5.26 Å². The number of anilines is 1. The van der Waals surface area contributed by atoms with Gasteiger partial charge in [0.15, 0.2) is 6.10 Å². The van der Waals surface area contributed by atoms with Gasteiger partial charge >= 0.3 is 0 Å². The Morgan fingerprint density at radius 3 is 2.76 bits per heavy atom. The number of carbonyl (C=O) groups is 1. The third-order valence-corrected chi connectivity index (χ3v) is 3.02. The van der Waals surface area contributed by atoms with E-state index in [-0.39, 0.29) is 5.91 Å². The Bertz CT molecular complexity index is 695. The van der Waals surface area contributed by atoms with Crippen LogP contribution in [0.15, 0.2) is 48.5 Å². The third kappa shape index (κ3) is 3.98. The monoisotopic (exact) mass is 300 g/mol. The number of nitrogens with one attached hydrogen (secondary N) is 1. The predicted octanol–water partition coefficient (Wildman–Crippen LogP) is 3.62. The van der Waals surface area contributed by atoms with E-state index in [2.05, 4.69) is 5.32 Å². The molecule has 106 valence electrons. The summed E-state index contributed by atoms with van der Waals surface area (Å²) in [6, 6.07) is 15.6. The average molecular weight is 301 g/mol. The minimum Gasteiger partial charge on any atom is -0.481 e. The van der Waals surface area contributed by atoms with E-state index >= 15 is 0 Å². The van der Waals surface area contributed by atoms with Crippen LogP contribution in [-0.4, -0.2) is 12.0 Å². The van der Waals surface area contributed by atoms with Crippen LogP contribution < -0.4 is 10.1 Å². The number of hydrogen-bond acceptors (Lipinski definition) is 3. The molecule has 21 heavy (non-hydrogen) atoms. The van der Waals surface area contributed by atoms with Gasteiger partial charge in [-0.1, -0.05) is 29.8 Å². The smallest absolute Gasteiger partial charge is 0.265 e. The Morgan fingerprint density at radius 1 is 1.29 bits per heavy atom. The molecule has 2 aromatic rings. The summed E-state index contributed by atoms with van der Waals surface area (Å²) in [6.07, 6.45) is -0.713. The van der Waals surface area contributed by atoms with Crippen molar-refractivity contribution in [2.24, 2.45) is 0 Å². The van der Waals surface area contributed by atoms with E-state index in [4.69, 9.17) is 21.6 Å². The quantitative estimate of drug-likeness (QED) is 0.938. The molecule has 4 nitrogen and oxygen atoms in total. The average Bonchev–Trinajstić information content (AvgIpc) is 2.47. The zero-order valence-electron chi connectivity index (χ0n) is 11.3. The van der Waals surface area contributed by atoms with Crippen molar-refractivity contribution in [1.82, 2.24) is 0 Å². The molecule has 0 aromatic heterocycles. The fourth-order valence-corrected chi connectivity index (χ4v) is 1.90. The number of nitriles is 1. The van der Waals surface area contributed by atoms with Gasteiger partial charge in [0.25, 0.3) is 5.91 Å². The molecule has 2 aromatic carbocycles. The SMILES string of the molecule is C[C@H](Oc1cccc(Cl)c1)C(=O)Nc1ccccc1C#N. The zero-order chi connectivity index (χ0) is 15.2. The van der Waals surface area contributed by atoms with E-state index in [1.165, 1.54) is 0 Å². The van der Waals surface area contributed by atoms with Crippen molar-refractivity contribution in [3.8, 4) is 11.8 Å². The number of ether oxygens (including phenoxy) is 1. The molecule has 1 atom stereocenters. The predicted molar refractivity (Wildman–Crippen MR) is 81.3 cm³/mol. The number of para-hydroxylation sites is 1. The van der Waals surface area contributed by atoms with E-state index < -0.39 is 6.10 Å². The normalized spacial score (nSPS) is 11.3. The van der Waals surface area contributed by atoms with Crippen molar-refractivity contribution in [3.63, 3.8) is 0 Å². The molecule has 0 bridgehead atoms. The summed E-state index contributed by atoms with van der Waals surface area (Å²) >= 11 is 5.86. The molecular formula is C16H13ClN2O2. The Kier molecular flexibility index (Phi) is 4.81. The highest BCUT2D eigenvalue weighted by Crippen LogP contribution is 2.19. The van der Waals surface area contributed by atoms with E-state index in [0.29, 0.717) is 22.0 Å². The summed E-state index contributed by atoms with van der Waals surface area (Å²) in [5.74, 6) is 0.177. The van der Waals surface area contributed by atoms with Crippen molar-refractivity contribution >= 4 is 23.2 Å². The molecular weight excluding hydrogens is 288 g/mol. The lowest BCUT2D eigenvalue weighted by atomic mass is 10.2. The van der Waals surface area contributed by atoms with Crippen LogP contribution in [0.4, 0.5) is 5.69 Å². The highest BCUT2D eigenvalue weighted by Gasteiger charge is 2.16. The summed E-state index contributed by atoms with van der Waals surface area (Å²) < 4.78 is 5.52. The Hall–Kier alpha value is -2.51. The maximum Gasteiger partial charge on any atom is 0.265 e. The van der Waals surface area contributed by atoms with Gasteiger partial charge in [0.05, 0.1) is 11.3 Å². The summed E-state index contributed by atoms with van der Waals surface area (Å²) in [5, 5.41) is 12.2. The minimum absolute atomic E-state index is 0.335. The van der Waals surface area contributed by atoms with Crippen molar-refractivity contribution in [3.05, 3.63) is 59.1 Å². The topological polar surface area (TPSA) is 62.1 Å². The lowest BCUT2D eigenvalue weighted by molar-refractivity contribution is -0.122. The summed E-state index contributed by atoms with van der Waals surface area (Å²) in [4.78, 5) is 12.1. The molecule has 0 aliphatic rings. The molecule has 1 amide bonds. The highest BCUT2D eigenvalue weighted by molar-refractivity contribution is 6.30. The van der Waals surface area contributed by atoms with E-state index in [1.807, 2.05) is 6.07 Å². The number of benzene rings is 2. The standard InChI is InChI=1S/C16H13ClN2O2/c1-11(21-14-7-4-6-13(17)9-14)16(20)19-15-8-3-2-5-12(15)10-18/h2-9,11H,1H3,(H,19,20)/t11-/m0/s1. The Labute approximate surface area is 127 Å². The van der Waals surface area contributed by atoms with Gasteiger partial charge in [0, 0.05) is 5.02 Å². The molecule has 0 fully saturated rings. The zero-order valence-corrected chi connectivity index (χ0v) is 12.1. The molecule has 0 radical (unpaired) electrons. The van der Waals surface area contributed by atoms with Crippen molar-refractivity contribution in [2.45, 2.75) is 13.0 Å². The van der Waals surface area contributed by atoms with E-state index in [0.717, 1.165) is 0 Å². The lowest BCUT2D eigenvalue weighted by Gasteiger charge is -2.15. The van der Waals surface area contributed by atoms with Crippen LogP contribution in [0, 0.1) is 11.3 Å². The third-order valence-electron chi connectivity index (χ3n) is 2.78. The number of carbonyl (C=O) groups excluding carboxylic acids is 1. The van der Waals surface area contributed by atoms with Crippen LogP contribution in [0.5, 0.6) is 5.75 Å². The summed E-state index contributed by atoms with van der Waals surface area (Å²) in [5.41, 5.74) is 0.868. The number of rotatable bonds is 4. The van der Waals surface area contributed by atoms with Crippen LogP contribution in [0.2, 0.25) is 5.02 Å². The molecule has 0 unspecified atom stereocenters. The first-order chi connectivity index (χ1) is 10.1. The van der Waals surface area contributed by atoms with Gasteiger partial charge in [-0.05, 0) is 37.3 Å². The maximum atomic E-state index is 12.1. The van der Waals surface area contributed by atoms with Gasteiger partial charge in [0.1, 0.15) is 11.8 Å². The fourth-order valence-electron chi connectivity index (χ4n) is 1.72. The second-order valence-electron chi connectivity index (χ2n) is 4.36. The van der Waals surface area contributed by atoms with Crippen LogP contribution in [-0.2, 0) is 4.79 Å². The largest absolute Gasteiger partial charge is 0.481 e. The van der Waals surface area contributed by atoms with Crippen molar-refractivity contribution < 1.29 is 9.53 Å². The Morgan fingerprint density at radius 2 is 2.05 bits per heavy atom. The first-order valence-electron chi connectivity index (χ1n) is 6.32. The van der Waals surface area contributed by atoms with Gasteiger partial charge in [-0.15, -0.1) is 0 Å². The van der Waals surface area contributed by atoms with Crippen LogP contribution >= 0.6 is 11.6 Å². The number of hydrogen-bond donors (Lipinski definition) is 1. The fraction of sp³-hybridized carbons (Fsp3) is 0.125. The first kappa shape index (κ1) is 14.9. The lowest BCUT2D eigenvalue weighted by Crippen LogP contribution is -2.30. The number of amides is 1. The molecule has 0 heterocycles. The maximum absolute atomic E-state index is 12.1. The molecule has 1 N–H and O–H groups in total. The second kappa shape index (κ2) is 6.78. The molecule has 0 saturated heterocycles. The summed E-state index contributed by atoms with van der Waals surface area (Å²) in [6.45, 7) is 1.63. The van der Waals surface area contributed by atoms with E-state index in [9.17, 15) is 4.79 Å². The van der Waals surface area contributed by atoms with Crippen LogP contribution in [0.1, 0.15) is 12.5 Å². The van der Waals surface area contributed by atoms with Gasteiger partial charge in [-0.3, -0.25) is 4.79 Å². The minimum atomic E-state index is -0.713. The van der Waals surface area contributed by atoms with Gasteiger partial charge in [-0.25, -0.2) is 0 Å². The summed E-state index contributed by atoms with van der Waals surface area (Å²) in [7, 11) is 0. The molecule has 0 saturated carbocycles. The van der Waals surface area contributed by atoms with E-state index in [1.54, 1.807) is 55.5 Å². The molecule has 0 aliphatic carbocycles. The first-order valence-corrected chi connectivity index (χ1v) is 6.70. The van der Waals surface area contributed by atoms with Crippen molar-refractivity contribution in [2.75, 3.05) is 5.32 Å². The molecule has 0 aliphatic heterocycles. The van der Waals surface area contributed by atoms with Crippen molar-refractivity contribution in [1.29, 1.82) is 5.26 Å². The number of halogens is 1. The molecule has 0 spiro atoms. The second-order valence-corrected chi connectivity index (χ2v) is 4.80. The number of nitrogens with zero attached hydrogens (tertiary/aromatic N) is 1. The Balaban J connectivity index is 2.05. The van der Waals surface area contributed by atoms with Gasteiger partial charge in [0.2, 0.25) is 0 Å². The van der Waals surface area contributed by atoms with Gasteiger partial charge < -0.3 is 10.1 Å². The molecule has 2 rings (SSSR count). The van der Waals surface area contributed by atoms with Crippen LogP contribution in [0.3, 0.4) is 0 Å². The van der Waals surface area contributed by atoms with Crippen LogP contribution in [0.25, 0.3) is 0 Å². The molecule has 5 heteroatoms.